The van der Waals surface area contributed by atoms with E-state index in [0.29, 0.717) is 0 Å². The largest absolute Gasteiger partial charge is 0.325 e. The van der Waals surface area contributed by atoms with Gasteiger partial charge in [-0.2, -0.15) is 4.79 Å². The average molecular weight is 211 g/mol. The molecule has 0 radical (unpaired) electrons. The Labute approximate surface area is 91.2 Å². The first kappa shape index (κ1) is 12.0. The molecule has 0 saturated heterocycles. The average Bonchev–Trinajstić information content (AvgIpc) is 2.64. The van der Waals surface area contributed by atoms with E-state index < -0.39 is 0 Å². The van der Waals surface area contributed by atoms with E-state index in [4.69, 9.17) is 5.73 Å². The van der Waals surface area contributed by atoms with E-state index >= 15 is 0 Å². The smallest absolute Gasteiger partial charge is 0.0867 e. The van der Waals surface area contributed by atoms with Gasteiger partial charge in [-0.1, -0.05) is 6.92 Å². The van der Waals surface area contributed by atoms with Gasteiger partial charge in [0.25, 0.3) is 0 Å². The molecule has 0 spiro atoms. The quantitative estimate of drug-likeness (QED) is 0.772. The number of aromatic nitrogens is 3. The van der Waals surface area contributed by atoms with Crippen LogP contribution in [0, 0.1) is 0 Å². The number of hydrogen-bond donors (Lipinski definition) is 1. The van der Waals surface area contributed by atoms with Gasteiger partial charge in [-0.25, -0.2) is 0 Å². The Morgan fingerprint density at radius 2 is 2.20 bits per heavy atom. The Morgan fingerprint density at radius 1 is 1.53 bits per heavy atom. The molecule has 2 N–H and O–H groups in total. The molecule has 1 unspecified atom stereocenters. The topological polar surface area (TPSA) is 60.0 Å². The first-order chi connectivity index (χ1) is 6.98. The van der Waals surface area contributed by atoms with Crippen LogP contribution in [0.15, 0.2) is 6.20 Å². The molecule has 1 rings (SSSR count). The first-order valence-electron chi connectivity index (χ1n) is 5.40. The molecule has 1 aromatic rings. The number of nitrogens with two attached hydrogens (primary N) is 1. The van der Waals surface area contributed by atoms with E-state index in [2.05, 4.69) is 24.2 Å². The van der Waals surface area contributed by atoms with Crippen molar-refractivity contribution < 1.29 is 0 Å². The van der Waals surface area contributed by atoms with Crippen molar-refractivity contribution in [3.63, 3.8) is 0 Å². The fourth-order valence-electron chi connectivity index (χ4n) is 1.22. The highest BCUT2D eigenvalue weighted by molar-refractivity contribution is 5.01. The molecule has 1 aromatic heterocycles. The van der Waals surface area contributed by atoms with Crippen LogP contribution in [0.2, 0.25) is 0 Å². The summed E-state index contributed by atoms with van der Waals surface area (Å²) in [6, 6.07) is 0. The fraction of sp³-hybridized carbons (Fsp3) is 0.800. The van der Waals surface area contributed by atoms with Gasteiger partial charge in [0, 0.05) is 25.6 Å². The predicted molar refractivity (Wildman–Crippen MR) is 61.3 cm³/mol. The van der Waals surface area contributed by atoms with Crippen molar-refractivity contribution in [3.05, 3.63) is 11.9 Å². The van der Waals surface area contributed by atoms with Crippen molar-refractivity contribution in [1.82, 2.24) is 15.1 Å². The summed E-state index contributed by atoms with van der Waals surface area (Å²) in [5.41, 5.74) is 6.83. The van der Waals surface area contributed by atoms with Crippen molar-refractivity contribution in [3.8, 4) is 0 Å². The lowest BCUT2D eigenvalue weighted by Gasteiger charge is -2.20. The van der Waals surface area contributed by atoms with Crippen LogP contribution in [-0.4, -0.2) is 34.2 Å². The van der Waals surface area contributed by atoms with Gasteiger partial charge in [0.2, 0.25) is 0 Å². The van der Waals surface area contributed by atoms with Gasteiger partial charge in [0.1, 0.15) is 0 Å². The molecule has 0 saturated carbocycles. The number of hydrogen-bond acceptors (Lipinski definition) is 4. The Kier molecular flexibility index (Phi) is 3.68. The van der Waals surface area contributed by atoms with Gasteiger partial charge in [0.15, 0.2) is 0 Å². The third kappa shape index (κ3) is 3.20. The summed E-state index contributed by atoms with van der Waals surface area (Å²) in [5.74, 6) is 0. The van der Waals surface area contributed by atoms with Crippen molar-refractivity contribution in [2.24, 2.45) is 5.73 Å². The van der Waals surface area contributed by atoms with Crippen molar-refractivity contribution in [2.75, 3.05) is 18.6 Å². The highest BCUT2D eigenvalue weighted by Gasteiger charge is 2.18. The van der Waals surface area contributed by atoms with Gasteiger partial charge < -0.3 is 5.73 Å². The second-order valence-electron chi connectivity index (χ2n) is 4.29. The normalized spacial score (nSPS) is 15.0. The molecule has 0 fully saturated rings. The van der Waals surface area contributed by atoms with Gasteiger partial charge in [-0.15, -0.1) is 5.10 Å². The van der Waals surface area contributed by atoms with E-state index in [0.717, 1.165) is 25.1 Å². The molecule has 0 amide bonds. The predicted octanol–water partition coefficient (Wildman–Crippen LogP) is 0.536. The standard InChI is InChI=1S/C10H21N5/c1-5-10(3,11)7-9-8-15(13-12-9)14(4)6-2/h8H,5-7,11H2,1-4H3. The lowest BCUT2D eigenvalue weighted by Crippen LogP contribution is -2.37. The zero-order chi connectivity index (χ0) is 11.5. The van der Waals surface area contributed by atoms with E-state index in [-0.39, 0.29) is 5.54 Å². The SMILES string of the molecule is CCN(C)n1cc(CC(C)(N)CC)nn1. The molecular weight excluding hydrogens is 190 g/mol. The Balaban J connectivity index is 2.68. The minimum Gasteiger partial charge on any atom is -0.325 e. The number of nitrogens with zero attached hydrogens (tertiary/aromatic N) is 4. The van der Waals surface area contributed by atoms with Crippen LogP contribution in [0.4, 0.5) is 0 Å². The van der Waals surface area contributed by atoms with Crippen LogP contribution >= 0.6 is 0 Å². The molecule has 0 bridgehead atoms. The van der Waals surface area contributed by atoms with Gasteiger partial charge >= 0.3 is 0 Å². The maximum atomic E-state index is 6.08. The summed E-state index contributed by atoms with van der Waals surface area (Å²) in [7, 11) is 1.97. The molecule has 0 aliphatic carbocycles. The van der Waals surface area contributed by atoms with Crippen LogP contribution in [0.1, 0.15) is 32.9 Å². The Bertz CT molecular complexity index is 305. The molecular formula is C10H21N5. The summed E-state index contributed by atoms with van der Waals surface area (Å²) in [6.45, 7) is 7.09. The minimum absolute atomic E-state index is 0.189. The molecule has 5 nitrogen and oxygen atoms in total. The fourth-order valence-corrected chi connectivity index (χ4v) is 1.22. The van der Waals surface area contributed by atoms with Crippen molar-refractivity contribution >= 4 is 0 Å². The summed E-state index contributed by atoms with van der Waals surface area (Å²) in [5, 5.41) is 10.1. The van der Waals surface area contributed by atoms with Crippen LogP contribution in [0.5, 0.6) is 0 Å². The summed E-state index contributed by atoms with van der Waals surface area (Å²) < 4.78 is 0. The highest BCUT2D eigenvalue weighted by atomic mass is 15.7. The van der Waals surface area contributed by atoms with Crippen LogP contribution in [0.25, 0.3) is 0 Å². The Hall–Kier alpha value is -1.10. The van der Waals surface area contributed by atoms with E-state index in [1.165, 1.54) is 0 Å². The molecule has 5 heteroatoms. The lowest BCUT2D eigenvalue weighted by atomic mass is 9.95. The van der Waals surface area contributed by atoms with E-state index in [1.54, 1.807) is 4.79 Å². The summed E-state index contributed by atoms with van der Waals surface area (Å²) in [4.78, 5) is 1.75. The summed E-state index contributed by atoms with van der Waals surface area (Å²) >= 11 is 0. The maximum Gasteiger partial charge on any atom is 0.0867 e. The first-order valence-corrected chi connectivity index (χ1v) is 5.40. The zero-order valence-corrected chi connectivity index (χ0v) is 10.1. The van der Waals surface area contributed by atoms with Crippen LogP contribution < -0.4 is 10.7 Å². The molecule has 15 heavy (non-hydrogen) atoms. The van der Waals surface area contributed by atoms with E-state index in [1.807, 2.05) is 25.2 Å². The highest BCUT2D eigenvalue weighted by Crippen LogP contribution is 2.11. The number of rotatable bonds is 5. The molecule has 0 aliphatic heterocycles. The van der Waals surface area contributed by atoms with Crippen LogP contribution in [0.3, 0.4) is 0 Å². The Morgan fingerprint density at radius 3 is 2.73 bits per heavy atom. The summed E-state index contributed by atoms with van der Waals surface area (Å²) in [6.07, 6.45) is 3.63. The molecule has 0 aliphatic rings. The third-order valence-corrected chi connectivity index (χ3v) is 2.73. The van der Waals surface area contributed by atoms with Gasteiger partial charge in [0.05, 0.1) is 11.9 Å². The van der Waals surface area contributed by atoms with Crippen molar-refractivity contribution in [2.45, 2.75) is 39.2 Å². The van der Waals surface area contributed by atoms with Gasteiger partial charge in [-0.05, 0) is 25.5 Å². The molecule has 1 atom stereocenters. The lowest BCUT2D eigenvalue weighted by molar-refractivity contribution is 0.445. The maximum absolute atomic E-state index is 6.08. The monoisotopic (exact) mass is 211 g/mol. The second kappa shape index (κ2) is 4.61. The molecule has 86 valence electrons. The van der Waals surface area contributed by atoms with Crippen molar-refractivity contribution in [1.29, 1.82) is 0 Å². The zero-order valence-electron chi connectivity index (χ0n) is 10.1. The van der Waals surface area contributed by atoms with Crippen LogP contribution in [-0.2, 0) is 6.42 Å². The minimum atomic E-state index is -0.189. The molecule has 0 aromatic carbocycles. The van der Waals surface area contributed by atoms with E-state index in [9.17, 15) is 0 Å². The van der Waals surface area contributed by atoms with Gasteiger partial charge in [-0.3, -0.25) is 5.01 Å². The molecule has 1 heterocycles. The third-order valence-electron chi connectivity index (χ3n) is 2.73. The second-order valence-corrected chi connectivity index (χ2v) is 4.29.